The molecule has 0 radical (unpaired) electrons. The highest BCUT2D eigenvalue weighted by atomic mass is 35.5. The molecule has 18 heavy (non-hydrogen) atoms. The second-order valence-electron chi connectivity index (χ2n) is 4.11. The average Bonchev–Trinajstić information content (AvgIpc) is 2.26. The molecule has 1 N–H and O–H groups in total. The van der Waals surface area contributed by atoms with Crippen molar-refractivity contribution in [3.05, 3.63) is 64.2 Å². The van der Waals surface area contributed by atoms with Crippen molar-refractivity contribution >= 4 is 17.3 Å². The first-order chi connectivity index (χ1) is 8.54. The van der Waals surface area contributed by atoms with Crippen LogP contribution in [0.3, 0.4) is 0 Å². The third-order valence-electron chi connectivity index (χ3n) is 2.54. The van der Waals surface area contributed by atoms with Gasteiger partial charge < -0.3 is 5.32 Å². The Hall–Kier alpha value is -1.61. The molecule has 0 spiro atoms. The summed E-state index contributed by atoms with van der Waals surface area (Å²) in [6.45, 7) is 2.24. The number of aryl methyl sites for hydroxylation is 1. The third-order valence-corrected chi connectivity index (χ3v) is 2.89. The van der Waals surface area contributed by atoms with Crippen LogP contribution < -0.4 is 5.32 Å². The molecule has 2 aromatic carbocycles. The Kier molecular flexibility index (Phi) is 3.82. The minimum Gasteiger partial charge on any atom is -0.381 e. The minimum absolute atomic E-state index is 0.289. The van der Waals surface area contributed by atoms with E-state index in [1.54, 1.807) is 6.07 Å². The van der Waals surface area contributed by atoms with Crippen LogP contribution in [0.15, 0.2) is 36.4 Å². The first kappa shape index (κ1) is 12.8. The number of hydrogen-bond acceptors (Lipinski definition) is 1. The molecule has 0 aliphatic rings. The lowest BCUT2D eigenvalue weighted by Crippen LogP contribution is -2.01. The molecule has 0 aromatic heterocycles. The first-order valence-corrected chi connectivity index (χ1v) is 5.87. The summed E-state index contributed by atoms with van der Waals surface area (Å²) in [5.41, 5.74) is 2.27. The zero-order valence-corrected chi connectivity index (χ0v) is 10.6. The molecule has 0 bridgehead atoms. The highest BCUT2D eigenvalue weighted by molar-refractivity contribution is 6.31. The van der Waals surface area contributed by atoms with Gasteiger partial charge in [-0.25, -0.2) is 8.78 Å². The van der Waals surface area contributed by atoms with Gasteiger partial charge in [0.15, 0.2) is 0 Å². The van der Waals surface area contributed by atoms with Crippen molar-refractivity contribution in [2.24, 2.45) is 0 Å². The molecule has 0 aliphatic carbocycles. The van der Waals surface area contributed by atoms with E-state index in [-0.39, 0.29) is 11.6 Å². The number of hydrogen-bond donors (Lipinski definition) is 1. The second kappa shape index (κ2) is 5.36. The summed E-state index contributed by atoms with van der Waals surface area (Å²) >= 11 is 5.90. The van der Waals surface area contributed by atoms with Crippen molar-refractivity contribution in [3.63, 3.8) is 0 Å². The fourth-order valence-electron chi connectivity index (χ4n) is 1.70. The normalized spacial score (nSPS) is 10.4. The van der Waals surface area contributed by atoms with Gasteiger partial charge in [0.1, 0.15) is 11.6 Å². The highest BCUT2D eigenvalue weighted by Crippen LogP contribution is 2.19. The monoisotopic (exact) mass is 267 g/mol. The Morgan fingerprint density at radius 1 is 1.06 bits per heavy atom. The summed E-state index contributed by atoms with van der Waals surface area (Å²) in [5.74, 6) is -0.659. The summed E-state index contributed by atoms with van der Waals surface area (Å²) in [7, 11) is 0. The molecule has 2 rings (SSSR count). The van der Waals surface area contributed by atoms with E-state index in [4.69, 9.17) is 11.6 Å². The molecule has 0 atom stereocenters. The summed E-state index contributed by atoms with van der Waals surface area (Å²) in [5, 5.41) is 3.41. The van der Waals surface area contributed by atoms with Crippen molar-refractivity contribution in [2.45, 2.75) is 13.5 Å². The van der Waals surface area contributed by atoms with Gasteiger partial charge in [-0.1, -0.05) is 17.7 Å². The largest absolute Gasteiger partial charge is 0.381 e. The van der Waals surface area contributed by atoms with E-state index in [9.17, 15) is 8.78 Å². The molecule has 94 valence electrons. The molecule has 0 heterocycles. The molecule has 1 nitrogen and oxygen atoms in total. The fourth-order valence-corrected chi connectivity index (χ4v) is 1.93. The quantitative estimate of drug-likeness (QED) is 0.861. The smallest absolute Gasteiger partial charge is 0.125 e. The van der Waals surface area contributed by atoms with Gasteiger partial charge in [-0.05, 0) is 48.4 Å². The molecule has 4 heteroatoms. The number of rotatable bonds is 3. The minimum atomic E-state index is -0.370. The predicted octanol–water partition coefficient (Wildman–Crippen LogP) is 4.54. The lowest BCUT2D eigenvalue weighted by Gasteiger charge is -2.09. The van der Waals surface area contributed by atoms with Crippen LogP contribution in [0.5, 0.6) is 0 Å². The number of halogens is 3. The van der Waals surface area contributed by atoms with Crippen LogP contribution >= 0.6 is 11.6 Å². The average molecular weight is 268 g/mol. The molecule has 0 aliphatic heterocycles. The SMILES string of the molecule is Cc1cc(F)cc(NCc2ccc(F)cc2Cl)c1. The Labute approximate surface area is 109 Å². The van der Waals surface area contributed by atoms with Crippen LogP contribution in [0.4, 0.5) is 14.5 Å². The molecule has 2 aromatic rings. The molecule has 0 saturated carbocycles. The summed E-state index contributed by atoms with van der Waals surface area (Å²) in [6.07, 6.45) is 0. The van der Waals surface area contributed by atoms with Crippen LogP contribution in [0.2, 0.25) is 5.02 Å². The van der Waals surface area contributed by atoms with Crippen LogP contribution in [-0.4, -0.2) is 0 Å². The van der Waals surface area contributed by atoms with Gasteiger partial charge in [0, 0.05) is 17.3 Å². The maximum atomic E-state index is 13.2. The van der Waals surface area contributed by atoms with Gasteiger partial charge in [0.2, 0.25) is 0 Å². The van der Waals surface area contributed by atoms with Gasteiger partial charge in [-0.3, -0.25) is 0 Å². The molecular weight excluding hydrogens is 256 g/mol. The number of anilines is 1. The van der Waals surface area contributed by atoms with Crippen molar-refractivity contribution < 1.29 is 8.78 Å². The fraction of sp³-hybridized carbons (Fsp3) is 0.143. The van der Waals surface area contributed by atoms with Gasteiger partial charge in [-0.2, -0.15) is 0 Å². The van der Waals surface area contributed by atoms with Crippen molar-refractivity contribution in [1.29, 1.82) is 0 Å². The van der Waals surface area contributed by atoms with Crippen LogP contribution in [-0.2, 0) is 6.54 Å². The lowest BCUT2D eigenvalue weighted by molar-refractivity contribution is 0.627. The zero-order chi connectivity index (χ0) is 13.1. The van der Waals surface area contributed by atoms with Crippen LogP contribution in [0.1, 0.15) is 11.1 Å². The van der Waals surface area contributed by atoms with Crippen molar-refractivity contribution in [2.75, 3.05) is 5.32 Å². The van der Waals surface area contributed by atoms with Gasteiger partial charge in [0.05, 0.1) is 0 Å². The van der Waals surface area contributed by atoms with Crippen LogP contribution in [0.25, 0.3) is 0 Å². The first-order valence-electron chi connectivity index (χ1n) is 5.49. The van der Waals surface area contributed by atoms with Gasteiger partial charge in [0.25, 0.3) is 0 Å². The molecule has 0 amide bonds. The maximum absolute atomic E-state index is 13.2. The second-order valence-corrected chi connectivity index (χ2v) is 4.51. The lowest BCUT2D eigenvalue weighted by atomic mass is 10.2. The summed E-state index contributed by atoms with van der Waals surface area (Å²) in [4.78, 5) is 0. The van der Waals surface area contributed by atoms with E-state index < -0.39 is 0 Å². The van der Waals surface area contributed by atoms with E-state index in [0.717, 1.165) is 11.1 Å². The van der Waals surface area contributed by atoms with Gasteiger partial charge in [-0.15, -0.1) is 0 Å². The van der Waals surface area contributed by atoms with E-state index in [0.29, 0.717) is 17.3 Å². The molecule has 0 unspecified atom stereocenters. The molecule has 0 fully saturated rings. The number of benzene rings is 2. The van der Waals surface area contributed by atoms with E-state index in [2.05, 4.69) is 5.32 Å². The van der Waals surface area contributed by atoms with Crippen molar-refractivity contribution in [1.82, 2.24) is 0 Å². The standard InChI is InChI=1S/C14H12ClF2N/c1-9-4-12(17)6-13(5-9)18-8-10-2-3-11(16)7-14(10)15/h2-7,18H,8H2,1H3. The van der Waals surface area contributed by atoms with Gasteiger partial charge >= 0.3 is 0 Å². The Bertz CT molecular complexity index is 549. The summed E-state index contributed by atoms with van der Waals surface area (Å²) in [6, 6.07) is 8.91. The molecular formula is C14H12ClF2N. The van der Waals surface area contributed by atoms with Crippen molar-refractivity contribution in [3.8, 4) is 0 Å². The van der Waals surface area contributed by atoms with E-state index in [1.807, 2.05) is 13.0 Å². The Morgan fingerprint density at radius 3 is 2.50 bits per heavy atom. The Morgan fingerprint density at radius 2 is 1.83 bits per heavy atom. The van der Waals surface area contributed by atoms with E-state index >= 15 is 0 Å². The topological polar surface area (TPSA) is 12.0 Å². The summed E-state index contributed by atoms with van der Waals surface area (Å²) < 4.78 is 26.0. The molecule has 0 saturated heterocycles. The third kappa shape index (κ3) is 3.20. The highest BCUT2D eigenvalue weighted by Gasteiger charge is 2.03. The van der Waals surface area contributed by atoms with E-state index in [1.165, 1.54) is 24.3 Å². The zero-order valence-electron chi connectivity index (χ0n) is 9.81. The number of nitrogens with one attached hydrogen (secondary N) is 1. The predicted molar refractivity (Wildman–Crippen MR) is 69.9 cm³/mol. The Balaban J connectivity index is 2.11. The van der Waals surface area contributed by atoms with Crippen LogP contribution in [0, 0.1) is 18.6 Å². The maximum Gasteiger partial charge on any atom is 0.125 e.